The standard InChI is InChI=1S/C8H10FN3O.2C2H6/c1-10-12(2)6-4-7(9)8(13-3)11-5-6;2*1-2/h4-5H,1H2,2-3H3;2*1-2H3. The van der Waals surface area contributed by atoms with Gasteiger partial charge in [0, 0.05) is 19.8 Å². The highest BCUT2D eigenvalue weighted by molar-refractivity contribution is 5.46. The van der Waals surface area contributed by atoms with Gasteiger partial charge in [-0.25, -0.2) is 9.37 Å². The van der Waals surface area contributed by atoms with Gasteiger partial charge in [0.15, 0.2) is 5.82 Å². The molecule has 98 valence electrons. The molecule has 0 fully saturated rings. The highest BCUT2D eigenvalue weighted by Gasteiger charge is 2.06. The summed E-state index contributed by atoms with van der Waals surface area (Å²) in [5.41, 5.74) is 0.522. The first-order valence-electron chi connectivity index (χ1n) is 5.59. The van der Waals surface area contributed by atoms with Gasteiger partial charge in [0.05, 0.1) is 19.0 Å². The number of halogens is 1. The lowest BCUT2D eigenvalue weighted by Crippen LogP contribution is -2.08. The van der Waals surface area contributed by atoms with Crippen molar-refractivity contribution in [2.45, 2.75) is 27.7 Å². The van der Waals surface area contributed by atoms with Crippen molar-refractivity contribution in [3.8, 4) is 5.88 Å². The Hall–Kier alpha value is -1.65. The first-order chi connectivity index (χ1) is 8.19. The Labute approximate surface area is 103 Å². The van der Waals surface area contributed by atoms with E-state index in [9.17, 15) is 4.39 Å². The molecule has 0 saturated heterocycles. The van der Waals surface area contributed by atoms with Crippen LogP contribution in [0.2, 0.25) is 0 Å². The molecule has 0 aliphatic heterocycles. The van der Waals surface area contributed by atoms with Gasteiger partial charge in [-0.3, -0.25) is 5.01 Å². The van der Waals surface area contributed by atoms with Crippen LogP contribution in [-0.4, -0.2) is 25.9 Å². The molecule has 0 aliphatic rings. The number of pyridine rings is 1. The van der Waals surface area contributed by atoms with Crippen molar-refractivity contribution in [3.63, 3.8) is 0 Å². The third-order valence-corrected chi connectivity index (χ3v) is 1.57. The largest absolute Gasteiger partial charge is 0.479 e. The minimum atomic E-state index is -0.518. The van der Waals surface area contributed by atoms with E-state index >= 15 is 0 Å². The molecular formula is C12H22FN3O. The van der Waals surface area contributed by atoms with E-state index in [0.717, 1.165) is 0 Å². The minimum absolute atomic E-state index is 0.0267. The molecule has 0 atom stereocenters. The van der Waals surface area contributed by atoms with Crippen LogP contribution >= 0.6 is 0 Å². The number of aromatic nitrogens is 1. The molecule has 0 aromatic carbocycles. The maximum atomic E-state index is 13.1. The summed E-state index contributed by atoms with van der Waals surface area (Å²) < 4.78 is 17.7. The SMILES string of the molecule is C=NN(C)c1cnc(OC)c(F)c1.CC.CC. The lowest BCUT2D eigenvalue weighted by atomic mass is 10.4. The Balaban J connectivity index is 0. The smallest absolute Gasteiger partial charge is 0.250 e. The van der Waals surface area contributed by atoms with Gasteiger partial charge in [0.25, 0.3) is 0 Å². The molecule has 0 amide bonds. The number of hydrogen-bond acceptors (Lipinski definition) is 4. The molecule has 17 heavy (non-hydrogen) atoms. The summed E-state index contributed by atoms with van der Waals surface area (Å²) >= 11 is 0. The monoisotopic (exact) mass is 243 g/mol. The van der Waals surface area contributed by atoms with E-state index in [4.69, 9.17) is 0 Å². The molecule has 0 N–H and O–H groups in total. The minimum Gasteiger partial charge on any atom is -0.479 e. The third-order valence-electron chi connectivity index (χ3n) is 1.57. The molecule has 0 saturated carbocycles. The number of methoxy groups -OCH3 is 1. The fraction of sp³-hybridized carbons (Fsp3) is 0.500. The van der Waals surface area contributed by atoms with Crippen molar-refractivity contribution < 1.29 is 9.13 Å². The number of nitrogens with zero attached hydrogens (tertiary/aromatic N) is 3. The molecular weight excluding hydrogens is 221 g/mol. The summed E-state index contributed by atoms with van der Waals surface area (Å²) in [6, 6.07) is 1.28. The summed E-state index contributed by atoms with van der Waals surface area (Å²) in [5, 5.41) is 5.00. The van der Waals surface area contributed by atoms with Gasteiger partial charge in [-0.2, -0.15) is 5.10 Å². The molecule has 0 spiro atoms. The van der Waals surface area contributed by atoms with Crippen molar-refractivity contribution >= 4 is 12.4 Å². The van der Waals surface area contributed by atoms with E-state index in [1.807, 2.05) is 27.7 Å². The van der Waals surface area contributed by atoms with Gasteiger partial charge in [0.1, 0.15) is 0 Å². The fourth-order valence-electron chi connectivity index (χ4n) is 0.824. The Morgan fingerprint density at radius 3 is 2.24 bits per heavy atom. The van der Waals surface area contributed by atoms with Crippen LogP contribution in [0.4, 0.5) is 10.1 Å². The second-order valence-corrected chi connectivity index (χ2v) is 2.35. The second-order valence-electron chi connectivity index (χ2n) is 2.35. The predicted octanol–water partition coefficient (Wildman–Crippen LogP) is 3.33. The van der Waals surface area contributed by atoms with E-state index in [1.165, 1.54) is 24.4 Å². The van der Waals surface area contributed by atoms with Crippen molar-refractivity contribution in [2.24, 2.45) is 5.10 Å². The van der Waals surface area contributed by atoms with Crippen LogP contribution in [0.1, 0.15) is 27.7 Å². The average Bonchev–Trinajstić information content (AvgIpc) is 2.42. The number of hydrogen-bond donors (Lipinski definition) is 0. The zero-order valence-electron chi connectivity index (χ0n) is 11.5. The van der Waals surface area contributed by atoms with E-state index in [1.54, 1.807) is 7.05 Å². The van der Waals surface area contributed by atoms with Crippen LogP contribution < -0.4 is 9.75 Å². The molecule has 0 bridgehead atoms. The van der Waals surface area contributed by atoms with Gasteiger partial charge in [-0.15, -0.1) is 0 Å². The van der Waals surface area contributed by atoms with Crippen LogP contribution in [0.15, 0.2) is 17.4 Å². The topological polar surface area (TPSA) is 37.7 Å². The van der Waals surface area contributed by atoms with Crippen LogP contribution in [-0.2, 0) is 0 Å². The molecule has 1 aromatic rings. The summed E-state index contributed by atoms with van der Waals surface area (Å²) in [6.45, 7) is 11.3. The lowest BCUT2D eigenvalue weighted by Gasteiger charge is -2.11. The number of ether oxygens (including phenoxy) is 1. The summed E-state index contributed by atoms with van der Waals surface area (Å²) in [7, 11) is 3.01. The number of rotatable bonds is 3. The Kier molecular flexibility index (Phi) is 11.3. The Bertz CT molecular complexity index is 319. The predicted molar refractivity (Wildman–Crippen MR) is 71.4 cm³/mol. The fourth-order valence-corrected chi connectivity index (χ4v) is 0.824. The highest BCUT2D eigenvalue weighted by Crippen LogP contribution is 2.19. The van der Waals surface area contributed by atoms with Gasteiger partial charge >= 0.3 is 0 Å². The lowest BCUT2D eigenvalue weighted by molar-refractivity contribution is 0.369. The zero-order chi connectivity index (χ0) is 13.8. The van der Waals surface area contributed by atoms with Crippen LogP contribution in [0.25, 0.3) is 0 Å². The summed E-state index contributed by atoms with van der Waals surface area (Å²) in [6.07, 6.45) is 1.45. The molecule has 1 aromatic heterocycles. The Morgan fingerprint density at radius 1 is 1.35 bits per heavy atom. The van der Waals surface area contributed by atoms with E-state index in [0.29, 0.717) is 5.69 Å². The third kappa shape index (κ3) is 5.85. The average molecular weight is 243 g/mol. The van der Waals surface area contributed by atoms with Gasteiger partial charge in [-0.1, -0.05) is 27.7 Å². The van der Waals surface area contributed by atoms with Crippen LogP contribution in [0.3, 0.4) is 0 Å². The normalized spacial score (nSPS) is 7.94. The molecule has 0 unspecified atom stereocenters. The molecule has 4 nitrogen and oxygen atoms in total. The van der Waals surface area contributed by atoms with Crippen molar-refractivity contribution in [1.29, 1.82) is 0 Å². The van der Waals surface area contributed by atoms with Crippen molar-refractivity contribution in [3.05, 3.63) is 18.1 Å². The highest BCUT2D eigenvalue weighted by atomic mass is 19.1. The van der Waals surface area contributed by atoms with Crippen molar-refractivity contribution in [2.75, 3.05) is 19.2 Å². The Morgan fingerprint density at radius 2 is 1.88 bits per heavy atom. The number of anilines is 1. The number of hydrazone groups is 1. The quantitative estimate of drug-likeness (QED) is 0.603. The first kappa shape index (κ1) is 17.7. The summed E-state index contributed by atoms with van der Waals surface area (Å²) in [5.74, 6) is -0.545. The zero-order valence-corrected chi connectivity index (χ0v) is 11.5. The maximum absolute atomic E-state index is 13.1. The molecule has 1 rings (SSSR count). The van der Waals surface area contributed by atoms with E-state index in [-0.39, 0.29) is 5.88 Å². The van der Waals surface area contributed by atoms with Crippen molar-refractivity contribution in [1.82, 2.24) is 4.98 Å². The first-order valence-corrected chi connectivity index (χ1v) is 5.59. The molecule has 0 radical (unpaired) electrons. The van der Waals surface area contributed by atoms with Crippen LogP contribution in [0, 0.1) is 5.82 Å². The van der Waals surface area contributed by atoms with Gasteiger partial charge in [-0.05, 0) is 0 Å². The van der Waals surface area contributed by atoms with Crippen LogP contribution in [0.5, 0.6) is 5.88 Å². The molecule has 1 heterocycles. The molecule has 0 aliphatic carbocycles. The molecule has 5 heteroatoms. The van der Waals surface area contributed by atoms with E-state index < -0.39 is 5.82 Å². The summed E-state index contributed by atoms with van der Waals surface area (Å²) in [4.78, 5) is 3.74. The van der Waals surface area contributed by atoms with E-state index in [2.05, 4.69) is 21.5 Å². The second kappa shape index (κ2) is 10.9. The van der Waals surface area contributed by atoms with Gasteiger partial charge in [0.2, 0.25) is 5.88 Å². The maximum Gasteiger partial charge on any atom is 0.250 e. The van der Waals surface area contributed by atoms with Gasteiger partial charge < -0.3 is 4.74 Å².